The maximum Gasteiger partial charge on any atom is 0.328 e. The van der Waals surface area contributed by atoms with E-state index in [9.17, 15) is 9.59 Å². The van der Waals surface area contributed by atoms with Crippen LogP contribution in [0.5, 0.6) is 0 Å². The van der Waals surface area contributed by atoms with Gasteiger partial charge in [-0.3, -0.25) is 4.79 Å². The molecule has 0 aliphatic heterocycles. The van der Waals surface area contributed by atoms with E-state index in [1.807, 2.05) is 0 Å². The number of nitrogens with two attached hydrogens (primary N) is 1. The second-order valence-corrected chi connectivity index (χ2v) is 4.33. The first-order valence-electron chi connectivity index (χ1n) is 5.37. The van der Waals surface area contributed by atoms with E-state index in [4.69, 9.17) is 15.9 Å². The molecule has 3 unspecified atom stereocenters. The Morgan fingerprint density at radius 3 is 2.44 bits per heavy atom. The average Bonchev–Trinajstić information content (AvgIpc) is 2.95. The summed E-state index contributed by atoms with van der Waals surface area (Å²) in [5, 5.41) is 20.2. The van der Waals surface area contributed by atoms with Gasteiger partial charge in [0.05, 0.1) is 6.10 Å². The number of rotatable bonds is 6. The Morgan fingerprint density at radius 2 is 2.06 bits per heavy atom. The fraction of sp³-hybridized carbons (Fsp3) is 0.800. The molecule has 1 saturated carbocycles. The third-order valence-electron chi connectivity index (χ3n) is 2.71. The number of aliphatic carboxylic acids is 1. The molecule has 16 heavy (non-hydrogen) atoms. The normalized spacial score (nSPS) is 20.9. The predicted molar refractivity (Wildman–Crippen MR) is 56.6 cm³/mol. The summed E-state index contributed by atoms with van der Waals surface area (Å²) in [6.45, 7) is 1.32. The minimum absolute atomic E-state index is 0.112. The van der Waals surface area contributed by atoms with Gasteiger partial charge in [-0.1, -0.05) is 0 Å². The Bertz CT molecular complexity index is 276. The molecule has 1 fully saturated rings. The summed E-state index contributed by atoms with van der Waals surface area (Å²) in [4.78, 5) is 22.1. The quantitative estimate of drug-likeness (QED) is 0.470. The van der Waals surface area contributed by atoms with Crippen LogP contribution in [0.2, 0.25) is 0 Å². The van der Waals surface area contributed by atoms with Crippen molar-refractivity contribution in [2.75, 3.05) is 0 Å². The predicted octanol–water partition coefficient (Wildman–Crippen LogP) is -0.936. The Balaban J connectivity index is 2.38. The fourth-order valence-corrected chi connectivity index (χ4v) is 1.53. The van der Waals surface area contributed by atoms with Gasteiger partial charge in [0, 0.05) is 12.5 Å². The topological polar surface area (TPSA) is 113 Å². The molecule has 0 aromatic carbocycles. The number of hydrogen-bond acceptors (Lipinski definition) is 4. The number of aliphatic hydroxyl groups is 1. The van der Waals surface area contributed by atoms with Crippen LogP contribution in [0.3, 0.4) is 0 Å². The van der Waals surface area contributed by atoms with Gasteiger partial charge in [0.2, 0.25) is 5.91 Å². The highest BCUT2D eigenvalue weighted by Crippen LogP contribution is 2.32. The van der Waals surface area contributed by atoms with Gasteiger partial charge in [0.15, 0.2) is 6.04 Å². The second-order valence-electron chi connectivity index (χ2n) is 4.33. The number of amides is 1. The number of nitrogens with one attached hydrogen (secondary N) is 1. The highest BCUT2D eigenvalue weighted by Gasteiger charge is 2.31. The van der Waals surface area contributed by atoms with Crippen molar-refractivity contribution in [2.24, 2.45) is 11.7 Å². The second kappa shape index (κ2) is 5.27. The minimum Gasteiger partial charge on any atom is -0.480 e. The van der Waals surface area contributed by atoms with E-state index in [0.717, 1.165) is 12.8 Å². The Kier molecular flexibility index (Phi) is 4.26. The molecular weight excluding hydrogens is 212 g/mol. The molecule has 0 heterocycles. The zero-order chi connectivity index (χ0) is 12.3. The van der Waals surface area contributed by atoms with Crippen LogP contribution in [0, 0.1) is 5.92 Å². The first kappa shape index (κ1) is 12.9. The Labute approximate surface area is 93.8 Å². The number of carboxylic acids is 1. The third kappa shape index (κ3) is 3.79. The van der Waals surface area contributed by atoms with E-state index >= 15 is 0 Å². The molecular formula is C10H18N2O4. The highest BCUT2D eigenvalue weighted by molar-refractivity contribution is 5.84. The van der Waals surface area contributed by atoms with Gasteiger partial charge in [-0.05, 0) is 25.7 Å². The van der Waals surface area contributed by atoms with E-state index in [2.05, 4.69) is 5.32 Å². The maximum atomic E-state index is 11.4. The van der Waals surface area contributed by atoms with Crippen molar-refractivity contribution in [3.63, 3.8) is 0 Å². The summed E-state index contributed by atoms with van der Waals surface area (Å²) >= 11 is 0. The molecule has 0 spiro atoms. The molecule has 0 aromatic rings. The van der Waals surface area contributed by atoms with Crippen LogP contribution in [0.4, 0.5) is 0 Å². The van der Waals surface area contributed by atoms with Crippen LogP contribution < -0.4 is 11.1 Å². The summed E-state index contributed by atoms with van der Waals surface area (Å²) in [5.74, 6) is -1.28. The van der Waals surface area contributed by atoms with Gasteiger partial charge in [0.1, 0.15) is 0 Å². The van der Waals surface area contributed by atoms with E-state index in [0.29, 0.717) is 5.92 Å². The van der Waals surface area contributed by atoms with Crippen molar-refractivity contribution in [2.45, 2.75) is 44.4 Å². The molecule has 1 aliphatic carbocycles. The first-order chi connectivity index (χ1) is 7.41. The van der Waals surface area contributed by atoms with Crippen LogP contribution in [-0.4, -0.2) is 40.3 Å². The minimum atomic E-state index is -1.26. The number of carbonyl (C=O) groups is 2. The standard InChI is InChI=1S/C10H18N2O4/c1-5(13)9(10(15)16)12-8(14)4-7(11)6-2-3-6/h5-7,9,13H,2-4,11H2,1H3,(H,12,14)(H,15,16). The average molecular weight is 230 g/mol. The largest absolute Gasteiger partial charge is 0.480 e. The number of hydrogen-bond donors (Lipinski definition) is 4. The molecule has 3 atom stereocenters. The third-order valence-corrected chi connectivity index (χ3v) is 2.71. The molecule has 1 rings (SSSR count). The summed E-state index contributed by atoms with van der Waals surface area (Å²) < 4.78 is 0. The maximum absolute atomic E-state index is 11.4. The number of aliphatic hydroxyl groups excluding tert-OH is 1. The Hall–Kier alpha value is -1.14. The summed E-state index contributed by atoms with van der Waals surface area (Å²) in [7, 11) is 0. The lowest BCUT2D eigenvalue weighted by Gasteiger charge is -2.18. The summed E-state index contributed by atoms with van der Waals surface area (Å²) in [5.41, 5.74) is 5.74. The van der Waals surface area contributed by atoms with Crippen molar-refractivity contribution in [3.05, 3.63) is 0 Å². The van der Waals surface area contributed by atoms with Crippen molar-refractivity contribution in [3.8, 4) is 0 Å². The van der Waals surface area contributed by atoms with Gasteiger partial charge in [0.25, 0.3) is 0 Å². The van der Waals surface area contributed by atoms with Crippen molar-refractivity contribution in [1.82, 2.24) is 5.32 Å². The van der Waals surface area contributed by atoms with Crippen molar-refractivity contribution >= 4 is 11.9 Å². The number of carbonyl (C=O) groups excluding carboxylic acids is 1. The summed E-state index contributed by atoms with van der Waals surface area (Å²) in [6.07, 6.45) is 1.06. The first-order valence-corrected chi connectivity index (χ1v) is 5.37. The number of carboxylic acid groups (broad SMARTS) is 1. The van der Waals surface area contributed by atoms with Gasteiger partial charge in [-0.25, -0.2) is 4.79 Å². The molecule has 6 nitrogen and oxygen atoms in total. The van der Waals surface area contributed by atoms with Crippen LogP contribution in [0.25, 0.3) is 0 Å². The molecule has 5 N–H and O–H groups in total. The zero-order valence-corrected chi connectivity index (χ0v) is 9.22. The van der Waals surface area contributed by atoms with E-state index in [1.54, 1.807) is 0 Å². The summed E-state index contributed by atoms with van der Waals surface area (Å²) in [6, 6.07) is -1.47. The molecule has 0 aromatic heterocycles. The van der Waals surface area contributed by atoms with Crippen LogP contribution in [0.15, 0.2) is 0 Å². The van der Waals surface area contributed by atoms with Crippen molar-refractivity contribution < 1.29 is 19.8 Å². The Morgan fingerprint density at radius 1 is 1.50 bits per heavy atom. The zero-order valence-electron chi connectivity index (χ0n) is 9.22. The van der Waals surface area contributed by atoms with Gasteiger partial charge >= 0.3 is 5.97 Å². The molecule has 0 radical (unpaired) electrons. The van der Waals surface area contributed by atoms with Crippen LogP contribution in [0.1, 0.15) is 26.2 Å². The smallest absolute Gasteiger partial charge is 0.328 e. The fourth-order valence-electron chi connectivity index (χ4n) is 1.53. The molecule has 92 valence electrons. The SMILES string of the molecule is CC(O)C(NC(=O)CC(N)C1CC1)C(=O)O. The van der Waals surface area contributed by atoms with Gasteiger partial charge < -0.3 is 21.3 Å². The molecule has 0 saturated heterocycles. The van der Waals surface area contributed by atoms with Crippen LogP contribution >= 0.6 is 0 Å². The van der Waals surface area contributed by atoms with E-state index in [1.165, 1.54) is 6.92 Å². The van der Waals surface area contributed by atoms with E-state index < -0.39 is 24.0 Å². The highest BCUT2D eigenvalue weighted by atomic mass is 16.4. The van der Waals surface area contributed by atoms with Gasteiger partial charge in [-0.2, -0.15) is 0 Å². The monoisotopic (exact) mass is 230 g/mol. The molecule has 1 amide bonds. The van der Waals surface area contributed by atoms with Crippen LogP contribution in [-0.2, 0) is 9.59 Å². The lowest BCUT2D eigenvalue weighted by molar-refractivity contribution is -0.144. The van der Waals surface area contributed by atoms with E-state index in [-0.39, 0.29) is 12.5 Å². The van der Waals surface area contributed by atoms with Crippen molar-refractivity contribution in [1.29, 1.82) is 0 Å². The molecule has 0 bridgehead atoms. The lowest BCUT2D eigenvalue weighted by atomic mass is 10.1. The van der Waals surface area contributed by atoms with Gasteiger partial charge in [-0.15, -0.1) is 0 Å². The lowest BCUT2D eigenvalue weighted by Crippen LogP contribution is -2.48. The molecule has 6 heteroatoms. The molecule has 1 aliphatic rings.